The summed E-state index contributed by atoms with van der Waals surface area (Å²) < 4.78 is 16.0. The van der Waals surface area contributed by atoms with Gasteiger partial charge in [-0.05, 0) is 6.42 Å². The van der Waals surface area contributed by atoms with Gasteiger partial charge in [0.05, 0.1) is 0 Å². The second-order valence-electron chi connectivity index (χ2n) is 3.52. The van der Waals surface area contributed by atoms with E-state index in [4.69, 9.17) is 4.52 Å². The van der Waals surface area contributed by atoms with Gasteiger partial charge in [-0.3, -0.25) is 9.36 Å². The summed E-state index contributed by atoms with van der Waals surface area (Å²) in [6.45, 7) is 5.14. The number of carbonyl (C=O) groups excluding carboxylic acids is 1. The molecule has 0 saturated carbocycles. The molecule has 0 aliphatic rings. The largest absolute Gasteiger partial charge is 0.321 e. The van der Waals surface area contributed by atoms with Crippen LogP contribution in [0.25, 0.3) is 0 Å². The van der Waals surface area contributed by atoms with E-state index in [0.29, 0.717) is 6.42 Å². The first kappa shape index (κ1) is 12.9. The molecule has 13 heavy (non-hydrogen) atoms. The highest BCUT2D eigenvalue weighted by Gasteiger charge is 2.09. The first-order valence-electron chi connectivity index (χ1n) is 4.67. The lowest BCUT2D eigenvalue weighted by Gasteiger charge is -2.06. The predicted molar refractivity (Wildman–Crippen MR) is 54.6 cm³/mol. The Morgan fingerprint density at radius 3 is 2.38 bits per heavy atom. The van der Waals surface area contributed by atoms with Gasteiger partial charge in [0, 0.05) is 19.8 Å². The van der Waals surface area contributed by atoms with Crippen LogP contribution in [0.4, 0.5) is 0 Å². The molecule has 0 unspecified atom stereocenters. The summed E-state index contributed by atoms with van der Waals surface area (Å²) in [5, 5.41) is 0. The van der Waals surface area contributed by atoms with Crippen LogP contribution < -0.4 is 0 Å². The molecule has 0 aromatic rings. The van der Waals surface area contributed by atoms with Crippen LogP contribution in [-0.2, 0) is 13.9 Å². The van der Waals surface area contributed by atoms with E-state index in [-0.39, 0.29) is 12.4 Å². The molecule has 3 nitrogen and oxygen atoms in total. The zero-order chi connectivity index (χ0) is 10.3. The molecule has 0 rings (SSSR count). The third-order valence-corrected chi connectivity index (χ3v) is 2.35. The molecule has 0 bridgehead atoms. The fourth-order valence-electron chi connectivity index (χ4n) is 0.872. The summed E-state index contributed by atoms with van der Waals surface area (Å²) in [7, 11) is -2.48. The molecule has 0 amide bonds. The number of rotatable bonds is 7. The molecule has 0 aliphatic heterocycles. The van der Waals surface area contributed by atoms with E-state index in [0.717, 1.165) is 19.3 Å². The van der Waals surface area contributed by atoms with Crippen LogP contribution >= 0.6 is 7.37 Å². The summed E-state index contributed by atoms with van der Waals surface area (Å²) >= 11 is 0. The fraction of sp³-hybridized carbons (Fsp3) is 0.889. The van der Waals surface area contributed by atoms with Crippen molar-refractivity contribution in [1.82, 2.24) is 0 Å². The van der Waals surface area contributed by atoms with Gasteiger partial charge in [-0.15, -0.1) is 0 Å². The van der Waals surface area contributed by atoms with Crippen LogP contribution in [0.5, 0.6) is 0 Å². The Hall–Kier alpha value is -0.140. The highest BCUT2D eigenvalue weighted by Crippen LogP contribution is 2.36. The number of ketones is 1. The highest BCUT2D eigenvalue weighted by molar-refractivity contribution is 7.57. The van der Waals surface area contributed by atoms with E-state index in [9.17, 15) is 9.36 Å². The second-order valence-corrected chi connectivity index (χ2v) is 6.28. The van der Waals surface area contributed by atoms with Crippen molar-refractivity contribution in [1.29, 1.82) is 0 Å². The quantitative estimate of drug-likeness (QED) is 0.475. The normalized spacial score (nSPS) is 11.6. The summed E-state index contributed by atoms with van der Waals surface area (Å²) in [5.41, 5.74) is 0. The minimum atomic E-state index is -2.48. The summed E-state index contributed by atoms with van der Waals surface area (Å²) in [5.74, 6) is 0.0531. The van der Waals surface area contributed by atoms with Gasteiger partial charge < -0.3 is 4.52 Å². The molecule has 0 N–H and O–H groups in total. The first-order chi connectivity index (χ1) is 5.95. The predicted octanol–water partition coefficient (Wildman–Crippen LogP) is 2.69. The molecule has 4 heteroatoms. The van der Waals surface area contributed by atoms with Crippen molar-refractivity contribution in [2.24, 2.45) is 0 Å². The maximum atomic E-state index is 11.1. The van der Waals surface area contributed by atoms with Crippen molar-refractivity contribution in [3.05, 3.63) is 0 Å². The van der Waals surface area contributed by atoms with E-state index >= 15 is 0 Å². The number of Topliss-reactive ketones (excluding diaryl/α,β-unsaturated/α-hetero) is 1. The lowest BCUT2D eigenvalue weighted by atomic mass is 10.1. The topological polar surface area (TPSA) is 43.4 Å². The van der Waals surface area contributed by atoms with E-state index in [1.807, 2.05) is 0 Å². The third-order valence-electron chi connectivity index (χ3n) is 1.60. The van der Waals surface area contributed by atoms with Gasteiger partial charge in [0.15, 0.2) is 13.2 Å². The standard InChI is InChI=1S/C9H19O3P/c1-4-5-6-7-9(10)8-12-13(2,3)11/h4-8H2,1-3H3. The van der Waals surface area contributed by atoms with Gasteiger partial charge in [0.25, 0.3) is 0 Å². The zero-order valence-electron chi connectivity index (χ0n) is 8.71. The Labute approximate surface area is 80.3 Å². The van der Waals surface area contributed by atoms with Crippen molar-refractivity contribution < 1.29 is 13.9 Å². The van der Waals surface area contributed by atoms with Gasteiger partial charge in [-0.2, -0.15) is 0 Å². The smallest absolute Gasteiger partial charge is 0.197 e. The lowest BCUT2D eigenvalue weighted by Crippen LogP contribution is -2.06. The van der Waals surface area contributed by atoms with Gasteiger partial charge in [-0.25, -0.2) is 0 Å². The maximum absolute atomic E-state index is 11.1. The monoisotopic (exact) mass is 206 g/mol. The van der Waals surface area contributed by atoms with E-state index < -0.39 is 7.37 Å². The molecular formula is C9H19O3P. The third kappa shape index (κ3) is 9.78. The molecule has 0 atom stereocenters. The molecule has 0 aliphatic carbocycles. The average Bonchev–Trinajstić information content (AvgIpc) is 2.00. The molecular weight excluding hydrogens is 187 g/mol. The van der Waals surface area contributed by atoms with Gasteiger partial charge in [0.1, 0.15) is 6.61 Å². The Balaban J connectivity index is 3.47. The SMILES string of the molecule is CCCCCC(=O)COP(C)(C)=O. The molecule has 0 aromatic heterocycles. The van der Waals surface area contributed by atoms with Gasteiger partial charge in [-0.1, -0.05) is 19.8 Å². The Kier molecular flexibility index (Phi) is 6.27. The molecule has 78 valence electrons. The van der Waals surface area contributed by atoms with Gasteiger partial charge in [0.2, 0.25) is 0 Å². The number of hydrogen-bond donors (Lipinski definition) is 0. The molecule has 0 fully saturated rings. The van der Waals surface area contributed by atoms with E-state index in [1.54, 1.807) is 0 Å². The Bertz CT molecular complexity index is 195. The number of carbonyl (C=O) groups is 1. The van der Waals surface area contributed by atoms with E-state index in [1.165, 1.54) is 13.3 Å². The molecule has 0 radical (unpaired) electrons. The Morgan fingerprint density at radius 1 is 1.31 bits per heavy atom. The van der Waals surface area contributed by atoms with Gasteiger partial charge >= 0.3 is 0 Å². The highest BCUT2D eigenvalue weighted by atomic mass is 31.2. The van der Waals surface area contributed by atoms with Crippen molar-refractivity contribution in [2.75, 3.05) is 19.9 Å². The van der Waals surface area contributed by atoms with Crippen LogP contribution in [0, 0.1) is 0 Å². The van der Waals surface area contributed by atoms with Crippen molar-refractivity contribution >= 4 is 13.2 Å². The van der Waals surface area contributed by atoms with Crippen LogP contribution in [0.3, 0.4) is 0 Å². The number of unbranched alkanes of at least 4 members (excludes halogenated alkanes) is 2. The molecule has 0 saturated heterocycles. The van der Waals surface area contributed by atoms with Crippen molar-refractivity contribution in [3.63, 3.8) is 0 Å². The maximum Gasteiger partial charge on any atom is 0.197 e. The fourth-order valence-corrected chi connectivity index (χ4v) is 1.33. The molecule has 0 spiro atoms. The summed E-state index contributed by atoms with van der Waals surface area (Å²) in [4.78, 5) is 11.1. The van der Waals surface area contributed by atoms with Crippen LogP contribution in [0.15, 0.2) is 0 Å². The summed E-state index contributed by atoms with van der Waals surface area (Å²) in [6.07, 6.45) is 3.64. The lowest BCUT2D eigenvalue weighted by molar-refractivity contribution is -0.121. The Morgan fingerprint density at radius 2 is 1.92 bits per heavy atom. The summed E-state index contributed by atoms with van der Waals surface area (Å²) in [6, 6.07) is 0. The second kappa shape index (κ2) is 6.33. The minimum Gasteiger partial charge on any atom is -0.321 e. The van der Waals surface area contributed by atoms with Crippen molar-refractivity contribution in [3.8, 4) is 0 Å². The van der Waals surface area contributed by atoms with Crippen LogP contribution in [-0.4, -0.2) is 25.7 Å². The number of hydrogen-bond acceptors (Lipinski definition) is 3. The molecule has 0 heterocycles. The van der Waals surface area contributed by atoms with Crippen molar-refractivity contribution in [2.45, 2.75) is 32.6 Å². The van der Waals surface area contributed by atoms with Crippen LogP contribution in [0.2, 0.25) is 0 Å². The zero-order valence-corrected chi connectivity index (χ0v) is 9.60. The average molecular weight is 206 g/mol. The minimum absolute atomic E-state index is 0.00793. The van der Waals surface area contributed by atoms with Crippen LogP contribution in [0.1, 0.15) is 32.6 Å². The van der Waals surface area contributed by atoms with E-state index in [2.05, 4.69) is 6.92 Å². The molecule has 0 aromatic carbocycles. The first-order valence-corrected chi connectivity index (χ1v) is 7.19.